The zero-order valence-electron chi connectivity index (χ0n) is 15.1. The molecule has 0 aromatic heterocycles. The molecular formula is C16H30BrN3O4. The average molecular weight is 408 g/mol. The summed E-state index contributed by atoms with van der Waals surface area (Å²) in [5.41, 5.74) is 0. The normalized spacial score (nSPS) is 16.2. The minimum atomic E-state index is -0.148. The quantitative estimate of drug-likeness (QED) is 0.406. The maximum atomic E-state index is 10.1. The third kappa shape index (κ3) is 9.77. The fraction of sp³-hybridized carbons (Fsp3) is 0.750. The summed E-state index contributed by atoms with van der Waals surface area (Å²) in [6.07, 6.45) is 1.50. The number of rotatable bonds is 4. The van der Waals surface area contributed by atoms with Gasteiger partial charge in [-0.15, -0.1) is 0 Å². The highest BCUT2D eigenvalue weighted by molar-refractivity contribution is 6.02. The molecule has 7 nitrogen and oxygen atoms in total. The highest BCUT2D eigenvalue weighted by Gasteiger charge is 2.17. The van der Waals surface area contributed by atoms with E-state index in [2.05, 4.69) is 38.3 Å². The first-order valence-electron chi connectivity index (χ1n) is 8.32. The van der Waals surface area contributed by atoms with Crippen molar-refractivity contribution in [1.29, 1.82) is 0 Å². The summed E-state index contributed by atoms with van der Waals surface area (Å²) in [6.45, 7) is 14.2. The topological polar surface area (TPSA) is 92.3 Å². The van der Waals surface area contributed by atoms with Gasteiger partial charge in [-0.1, -0.05) is 0 Å². The number of carbonyl (C=O) groups is 4. The summed E-state index contributed by atoms with van der Waals surface area (Å²) in [4.78, 5) is 40.5. The summed E-state index contributed by atoms with van der Waals surface area (Å²) in [6, 6.07) is 0. The van der Waals surface area contributed by atoms with Crippen molar-refractivity contribution < 1.29 is 40.6 Å². The van der Waals surface area contributed by atoms with Crippen molar-refractivity contribution in [3.05, 3.63) is 0 Å². The van der Waals surface area contributed by atoms with E-state index in [1.807, 2.05) is 0 Å². The molecule has 140 valence electrons. The number of carbonyl (C=O) groups excluding carboxylic acids is 4. The number of nitrogens with zero attached hydrogens (tertiary/aromatic N) is 1. The monoisotopic (exact) mass is 407 g/mol. The molecule has 0 unspecified atom stereocenters. The molecule has 2 aliphatic rings. The van der Waals surface area contributed by atoms with Gasteiger partial charge in [-0.2, -0.15) is 0 Å². The van der Waals surface area contributed by atoms with Gasteiger partial charge >= 0.3 is 0 Å². The van der Waals surface area contributed by atoms with Crippen molar-refractivity contribution in [2.24, 2.45) is 0 Å². The maximum absolute atomic E-state index is 10.1. The van der Waals surface area contributed by atoms with E-state index in [1.54, 1.807) is 0 Å². The van der Waals surface area contributed by atoms with E-state index in [4.69, 9.17) is 0 Å². The Morgan fingerprint density at radius 3 is 0.875 bits per heavy atom. The van der Waals surface area contributed by atoms with Crippen LogP contribution in [0.2, 0.25) is 0 Å². The van der Waals surface area contributed by atoms with Crippen molar-refractivity contribution in [2.75, 3.05) is 26.2 Å². The van der Waals surface area contributed by atoms with E-state index in [-0.39, 0.29) is 40.6 Å². The van der Waals surface area contributed by atoms with Crippen LogP contribution in [-0.4, -0.2) is 54.3 Å². The smallest absolute Gasteiger partial charge is 0.227 e. The Bertz CT molecular complexity index is 362. The van der Waals surface area contributed by atoms with Gasteiger partial charge in [0.05, 0.1) is 26.2 Å². The molecule has 8 heteroatoms. The van der Waals surface area contributed by atoms with Gasteiger partial charge < -0.3 is 21.5 Å². The lowest BCUT2D eigenvalue weighted by molar-refractivity contribution is -0.921. The molecule has 0 radical (unpaired) electrons. The van der Waals surface area contributed by atoms with Crippen molar-refractivity contribution in [3.63, 3.8) is 0 Å². The Morgan fingerprint density at radius 1 is 0.625 bits per heavy atom. The Morgan fingerprint density at radius 2 is 0.833 bits per heavy atom. The second-order valence-corrected chi connectivity index (χ2v) is 5.55. The fourth-order valence-corrected chi connectivity index (χ4v) is 2.36. The first-order valence-corrected chi connectivity index (χ1v) is 8.32. The Hall–Kier alpha value is -1.28. The number of hydrogen-bond donors (Lipinski definition) is 2. The van der Waals surface area contributed by atoms with Crippen molar-refractivity contribution in [2.45, 2.75) is 53.4 Å². The van der Waals surface area contributed by atoms with Gasteiger partial charge in [0.25, 0.3) is 0 Å². The Labute approximate surface area is 154 Å². The SMILES string of the molecule is CC[N+](CC)(CC)CC.O=C1CCC(=O)N1.O=C1CCC(=O)N1.[Br-]. The number of imide groups is 2. The van der Waals surface area contributed by atoms with Crippen LogP contribution in [-0.2, 0) is 19.2 Å². The molecule has 0 aromatic rings. The standard InChI is InChI=1S/C8H20N.2C4H5NO2.BrH/c1-5-9(6-2,7-3)8-4;2*6-3-1-2-4(7)5-3;/h5-8H2,1-4H3;2*1-2H2,(H,5,6,7);1H/q+1;;;/p-1. The molecule has 0 aromatic carbocycles. The second-order valence-electron chi connectivity index (χ2n) is 5.55. The highest BCUT2D eigenvalue weighted by Crippen LogP contribution is 2.03. The largest absolute Gasteiger partial charge is 1.00 e. The van der Waals surface area contributed by atoms with Crippen LogP contribution in [0.4, 0.5) is 0 Å². The van der Waals surface area contributed by atoms with Gasteiger partial charge in [-0.05, 0) is 27.7 Å². The van der Waals surface area contributed by atoms with E-state index in [9.17, 15) is 19.2 Å². The molecule has 2 saturated heterocycles. The van der Waals surface area contributed by atoms with Crippen LogP contribution in [0.5, 0.6) is 0 Å². The summed E-state index contributed by atoms with van der Waals surface area (Å²) >= 11 is 0. The van der Waals surface area contributed by atoms with E-state index in [1.165, 1.54) is 30.7 Å². The number of hydrogen-bond acceptors (Lipinski definition) is 4. The minimum absolute atomic E-state index is 0. The first kappa shape index (κ1) is 25.0. The average Bonchev–Trinajstić information content (AvgIpc) is 3.10. The van der Waals surface area contributed by atoms with Gasteiger partial charge in [0.2, 0.25) is 23.6 Å². The summed E-state index contributed by atoms with van der Waals surface area (Å²) < 4.78 is 1.28. The summed E-state index contributed by atoms with van der Waals surface area (Å²) in [7, 11) is 0. The van der Waals surface area contributed by atoms with Gasteiger partial charge in [0, 0.05) is 25.7 Å². The molecule has 2 N–H and O–H groups in total. The molecule has 24 heavy (non-hydrogen) atoms. The Kier molecular flexibility index (Phi) is 13.6. The highest BCUT2D eigenvalue weighted by atomic mass is 79.9. The van der Waals surface area contributed by atoms with Crippen LogP contribution in [0.1, 0.15) is 53.4 Å². The van der Waals surface area contributed by atoms with Gasteiger partial charge in [-0.25, -0.2) is 0 Å². The van der Waals surface area contributed by atoms with Gasteiger partial charge in [0.15, 0.2) is 0 Å². The third-order valence-corrected chi connectivity index (χ3v) is 4.40. The van der Waals surface area contributed by atoms with Crippen molar-refractivity contribution >= 4 is 23.6 Å². The summed E-state index contributed by atoms with van der Waals surface area (Å²) in [5, 5.41) is 4.28. The zero-order chi connectivity index (χ0) is 17.9. The predicted octanol–water partition coefficient (Wildman–Crippen LogP) is -2.27. The molecule has 0 bridgehead atoms. The number of amides is 4. The lowest BCUT2D eigenvalue weighted by atomic mass is 10.3. The van der Waals surface area contributed by atoms with Crippen molar-refractivity contribution in [1.82, 2.24) is 10.6 Å². The molecule has 0 aliphatic carbocycles. The molecular weight excluding hydrogens is 378 g/mol. The lowest BCUT2D eigenvalue weighted by Crippen LogP contribution is -3.00. The van der Waals surface area contributed by atoms with E-state index >= 15 is 0 Å². The molecule has 0 spiro atoms. The fourth-order valence-electron chi connectivity index (χ4n) is 2.36. The van der Waals surface area contributed by atoms with E-state index in [0.29, 0.717) is 25.7 Å². The molecule has 0 atom stereocenters. The predicted molar refractivity (Wildman–Crippen MR) is 87.2 cm³/mol. The van der Waals surface area contributed by atoms with Gasteiger partial charge in [-0.3, -0.25) is 29.8 Å². The Balaban J connectivity index is 0. The second kappa shape index (κ2) is 13.1. The van der Waals surface area contributed by atoms with Crippen LogP contribution in [0.3, 0.4) is 0 Å². The molecule has 2 heterocycles. The van der Waals surface area contributed by atoms with Crippen LogP contribution < -0.4 is 27.6 Å². The van der Waals surface area contributed by atoms with Gasteiger partial charge in [0.1, 0.15) is 0 Å². The molecule has 0 saturated carbocycles. The molecule has 2 fully saturated rings. The van der Waals surface area contributed by atoms with Crippen LogP contribution in [0, 0.1) is 0 Å². The van der Waals surface area contributed by atoms with E-state index in [0.717, 1.165) is 0 Å². The third-order valence-electron chi connectivity index (χ3n) is 4.40. The van der Waals surface area contributed by atoms with Crippen molar-refractivity contribution in [3.8, 4) is 0 Å². The number of quaternary nitrogens is 1. The maximum Gasteiger partial charge on any atom is 0.227 e. The summed E-state index contributed by atoms with van der Waals surface area (Å²) in [5.74, 6) is -0.593. The first-order chi connectivity index (χ1) is 10.8. The number of halogens is 1. The minimum Gasteiger partial charge on any atom is -1.00 e. The van der Waals surface area contributed by atoms with Crippen LogP contribution in [0.25, 0.3) is 0 Å². The number of nitrogens with one attached hydrogen (secondary N) is 2. The van der Waals surface area contributed by atoms with Crippen LogP contribution >= 0.6 is 0 Å². The molecule has 2 rings (SSSR count). The van der Waals surface area contributed by atoms with Crippen LogP contribution in [0.15, 0.2) is 0 Å². The van der Waals surface area contributed by atoms with E-state index < -0.39 is 0 Å². The molecule has 2 aliphatic heterocycles. The molecule has 4 amide bonds. The lowest BCUT2D eigenvalue weighted by Gasteiger charge is -2.34. The zero-order valence-corrected chi connectivity index (χ0v) is 16.7.